The molecular formula is C7H5BrN2S. The zero-order valence-corrected chi connectivity index (χ0v) is 7.64. The minimum absolute atomic E-state index is 0.0561. The molecule has 4 heteroatoms. The predicted octanol–water partition coefficient (Wildman–Crippen LogP) is 2.90. The zero-order chi connectivity index (χ0) is 11.2. The molecule has 0 unspecified atom stereocenters. The van der Waals surface area contributed by atoms with Crippen LogP contribution < -0.4 is 0 Å². The number of halogens is 1. The lowest BCUT2D eigenvalue weighted by molar-refractivity contribution is 1.33. The minimum atomic E-state index is -0.152. The highest BCUT2D eigenvalue weighted by molar-refractivity contribution is 9.11. The molecule has 0 bridgehead atoms. The van der Waals surface area contributed by atoms with Crippen LogP contribution in [0.25, 0.3) is 10.7 Å². The molecule has 2 aromatic heterocycles. The van der Waals surface area contributed by atoms with Gasteiger partial charge in [-0.1, -0.05) is 0 Å². The van der Waals surface area contributed by atoms with Crippen molar-refractivity contribution in [3.8, 4) is 10.7 Å². The molecule has 0 spiro atoms. The number of aromatic nitrogens is 2. The quantitative estimate of drug-likeness (QED) is 0.805. The number of imidazole rings is 1. The summed E-state index contributed by atoms with van der Waals surface area (Å²) in [7, 11) is 0. The van der Waals surface area contributed by atoms with E-state index in [9.17, 15) is 0 Å². The number of thiophene rings is 1. The van der Waals surface area contributed by atoms with Gasteiger partial charge >= 0.3 is 0 Å². The van der Waals surface area contributed by atoms with Gasteiger partial charge in [-0.2, -0.15) is 0 Å². The van der Waals surface area contributed by atoms with Gasteiger partial charge in [-0.05, 0) is 28.0 Å². The van der Waals surface area contributed by atoms with E-state index in [1.165, 1.54) is 11.3 Å². The maximum atomic E-state index is 7.64. The second-order valence-electron chi connectivity index (χ2n) is 1.78. The fourth-order valence-electron chi connectivity index (χ4n) is 0.661. The highest BCUT2D eigenvalue weighted by Crippen LogP contribution is 2.28. The summed E-state index contributed by atoms with van der Waals surface area (Å²) in [6, 6.07) is 0.157. The standard InChI is InChI=1S/C7H5BrN2S/c8-6-2-1-5(11-6)7-9-3-4-10-7/h1-4H,(H,9,10)/i1D,2D,3D,4D. The molecule has 0 amide bonds. The Morgan fingerprint density at radius 2 is 2.55 bits per heavy atom. The monoisotopic (exact) mass is 232 g/mol. The summed E-state index contributed by atoms with van der Waals surface area (Å²) in [5.74, 6) is 0.305. The SMILES string of the molecule is [2H]c1nc(-c2sc(Br)c([2H])c2[2H])[nH]c1[2H]. The third-order valence-electron chi connectivity index (χ3n) is 1.09. The summed E-state index contributed by atoms with van der Waals surface area (Å²) in [6.45, 7) is 0. The van der Waals surface area contributed by atoms with Crippen molar-refractivity contribution in [2.75, 3.05) is 0 Å². The Bertz CT molecular complexity index is 502. The van der Waals surface area contributed by atoms with Crippen LogP contribution in [0.2, 0.25) is 0 Å². The smallest absolute Gasteiger partial charge is 0.147 e. The van der Waals surface area contributed by atoms with Gasteiger partial charge in [-0.15, -0.1) is 11.3 Å². The van der Waals surface area contributed by atoms with Gasteiger partial charge in [0.15, 0.2) is 0 Å². The third kappa shape index (κ3) is 1.36. The Labute approximate surface area is 82.0 Å². The largest absolute Gasteiger partial charge is 0.344 e. The summed E-state index contributed by atoms with van der Waals surface area (Å²) in [4.78, 5) is 6.87. The molecule has 0 radical (unpaired) electrons. The Morgan fingerprint density at radius 1 is 1.64 bits per heavy atom. The number of nitrogens with one attached hydrogen (secondary N) is 1. The van der Waals surface area contributed by atoms with Crippen LogP contribution in [0.3, 0.4) is 0 Å². The molecule has 0 fully saturated rings. The number of rotatable bonds is 1. The van der Waals surface area contributed by atoms with Crippen LogP contribution in [-0.2, 0) is 0 Å². The van der Waals surface area contributed by atoms with Gasteiger partial charge in [0.05, 0.1) is 14.1 Å². The van der Waals surface area contributed by atoms with Gasteiger partial charge in [0.2, 0.25) is 0 Å². The molecule has 1 N–H and O–H groups in total. The van der Waals surface area contributed by atoms with Crippen LogP contribution in [0, 0.1) is 0 Å². The van der Waals surface area contributed by atoms with Crippen molar-refractivity contribution < 1.29 is 5.48 Å². The van der Waals surface area contributed by atoms with E-state index in [2.05, 4.69) is 25.9 Å². The van der Waals surface area contributed by atoms with E-state index >= 15 is 0 Å². The second kappa shape index (κ2) is 2.79. The molecular weight excluding hydrogens is 224 g/mol. The van der Waals surface area contributed by atoms with Gasteiger partial charge in [-0.25, -0.2) is 4.98 Å². The first kappa shape index (κ1) is 3.87. The van der Waals surface area contributed by atoms with Crippen molar-refractivity contribution in [2.45, 2.75) is 0 Å². The summed E-state index contributed by atoms with van der Waals surface area (Å²) in [6.07, 6.45) is -0.235. The average Bonchev–Trinajstić information content (AvgIpc) is 2.63. The summed E-state index contributed by atoms with van der Waals surface area (Å²) in [5, 5.41) is 0. The molecule has 11 heavy (non-hydrogen) atoms. The molecule has 0 saturated carbocycles. The maximum absolute atomic E-state index is 7.64. The van der Waals surface area contributed by atoms with Crippen molar-refractivity contribution in [3.05, 3.63) is 28.2 Å². The topological polar surface area (TPSA) is 28.7 Å². The van der Waals surface area contributed by atoms with E-state index < -0.39 is 0 Å². The highest BCUT2D eigenvalue weighted by Gasteiger charge is 2.01. The van der Waals surface area contributed by atoms with Gasteiger partial charge in [-0.3, -0.25) is 0 Å². The molecule has 2 rings (SSSR count). The maximum Gasteiger partial charge on any atom is 0.147 e. The van der Waals surface area contributed by atoms with Crippen LogP contribution in [0.4, 0.5) is 0 Å². The predicted molar refractivity (Wildman–Crippen MR) is 49.6 cm³/mol. The average molecular weight is 233 g/mol. The van der Waals surface area contributed by atoms with Crippen LogP contribution in [0.1, 0.15) is 5.48 Å². The number of hydrogen-bond acceptors (Lipinski definition) is 2. The summed E-state index contributed by atoms with van der Waals surface area (Å²) < 4.78 is 30.3. The van der Waals surface area contributed by atoms with Crippen molar-refractivity contribution in [1.29, 1.82) is 0 Å². The molecule has 2 heterocycles. The first-order chi connectivity index (χ1) is 7.00. The molecule has 0 aliphatic heterocycles. The number of H-pyrrole nitrogens is 1. The summed E-state index contributed by atoms with van der Waals surface area (Å²) in [5.41, 5.74) is 0. The van der Waals surface area contributed by atoms with Crippen molar-refractivity contribution >= 4 is 27.3 Å². The van der Waals surface area contributed by atoms with Crippen molar-refractivity contribution in [2.24, 2.45) is 0 Å². The van der Waals surface area contributed by atoms with Crippen LogP contribution >= 0.6 is 27.3 Å². The van der Waals surface area contributed by atoms with Crippen LogP contribution in [0.5, 0.6) is 0 Å². The van der Waals surface area contributed by atoms with Gasteiger partial charge < -0.3 is 4.98 Å². The van der Waals surface area contributed by atoms with Gasteiger partial charge in [0, 0.05) is 12.3 Å². The van der Waals surface area contributed by atoms with Crippen LogP contribution in [0.15, 0.2) is 28.2 Å². The zero-order valence-electron chi connectivity index (χ0n) is 9.23. The lowest BCUT2D eigenvalue weighted by Gasteiger charge is -1.85. The fraction of sp³-hybridized carbons (Fsp3) is 0. The lowest BCUT2D eigenvalue weighted by Crippen LogP contribution is -1.71. The molecule has 2 nitrogen and oxygen atoms in total. The van der Waals surface area contributed by atoms with E-state index in [1.54, 1.807) is 0 Å². The molecule has 0 aromatic carbocycles. The Kier molecular flexibility index (Phi) is 0.981. The molecule has 0 atom stereocenters. The Balaban J connectivity index is 2.59. The van der Waals surface area contributed by atoms with E-state index in [1.807, 2.05) is 0 Å². The van der Waals surface area contributed by atoms with Crippen molar-refractivity contribution in [1.82, 2.24) is 9.97 Å². The number of hydrogen-bond donors (Lipinski definition) is 1. The van der Waals surface area contributed by atoms with E-state index in [-0.39, 0.29) is 24.4 Å². The van der Waals surface area contributed by atoms with Crippen molar-refractivity contribution in [3.63, 3.8) is 0 Å². The fourth-order valence-corrected chi connectivity index (χ4v) is 1.82. The Hall–Kier alpha value is -0.610. The van der Waals surface area contributed by atoms with E-state index in [0.717, 1.165) is 0 Å². The molecule has 0 aliphatic rings. The molecule has 0 aliphatic carbocycles. The third-order valence-corrected chi connectivity index (χ3v) is 2.55. The van der Waals surface area contributed by atoms with Crippen LogP contribution in [-0.4, -0.2) is 9.97 Å². The number of nitrogens with zero attached hydrogens (tertiary/aromatic N) is 1. The molecule has 2 aromatic rings. The molecule has 56 valence electrons. The summed E-state index contributed by atoms with van der Waals surface area (Å²) >= 11 is 4.36. The Morgan fingerprint density at radius 3 is 3.09 bits per heavy atom. The molecule has 0 saturated heterocycles. The number of aromatic amines is 1. The minimum Gasteiger partial charge on any atom is -0.344 e. The van der Waals surface area contributed by atoms with E-state index in [4.69, 9.17) is 5.48 Å². The second-order valence-corrected chi connectivity index (χ2v) is 4.12. The first-order valence-electron chi connectivity index (χ1n) is 4.79. The van der Waals surface area contributed by atoms with E-state index in [0.29, 0.717) is 14.5 Å². The lowest BCUT2D eigenvalue weighted by atomic mass is 10.4. The normalized spacial score (nSPS) is 15.4. The highest BCUT2D eigenvalue weighted by atomic mass is 79.9. The van der Waals surface area contributed by atoms with Gasteiger partial charge in [0.1, 0.15) is 5.82 Å². The van der Waals surface area contributed by atoms with Gasteiger partial charge in [0.25, 0.3) is 0 Å². The first-order valence-corrected chi connectivity index (χ1v) is 4.40.